The number of nitrogens with two attached hydrogens (primary N) is 1. The van der Waals surface area contributed by atoms with Gasteiger partial charge in [-0.1, -0.05) is 12.1 Å². The molecular weight excluding hydrogens is 244 g/mol. The monoisotopic (exact) mass is 254 g/mol. The van der Waals surface area contributed by atoms with E-state index < -0.39 is 10.0 Å². The van der Waals surface area contributed by atoms with Gasteiger partial charge in [-0.05, 0) is 12.1 Å². The van der Waals surface area contributed by atoms with Crippen LogP contribution in [-0.4, -0.2) is 25.6 Å². The third-order valence-corrected chi connectivity index (χ3v) is 2.32. The number of fused-ring (bicyclic) bond motifs is 1. The molecule has 0 unspecified atom stereocenters. The zero-order valence-electron chi connectivity index (χ0n) is 8.91. The fourth-order valence-corrected chi connectivity index (χ4v) is 1.64. The van der Waals surface area contributed by atoms with E-state index in [1.165, 1.54) is 0 Å². The number of para-hydroxylation sites is 2. The lowest BCUT2D eigenvalue weighted by molar-refractivity contribution is 0.603. The molecule has 17 heavy (non-hydrogen) atoms. The number of benzene rings is 1. The maximum atomic E-state index is 10.8. The Hall–Kier alpha value is -2.09. The van der Waals surface area contributed by atoms with Crippen molar-refractivity contribution in [3.8, 4) is 0 Å². The number of aromatic nitrogens is 1. The maximum Gasteiger partial charge on any atom is 0.302 e. The Labute approximate surface area is 97.4 Å². The summed E-state index contributed by atoms with van der Waals surface area (Å²) < 4.78 is 30.2. The molecule has 1 aromatic carbocycles. The molecule has 0 amide bonds. The summed E-state index contributed by atoms with van der Waals surface area (Å²) in [5, 5.41) is 2.46. The highest BCUT2D eigenvalue weighted by atomic mass is 32.2. The molecule has 2 rings (SSSR count). The molecule has 0 bridgehead atoms. The van der Waals surface area contributed by atoms with Gasteiger partial charge in [-0.3, -0.25) is 5.32 Å². The largest absolute Gasteiger partial charge is 0.423 e. The Kier molecular flexibility index (Phi) is 2.72. The number of sulfonamides is 1. The maximum absolute atomic E-state index is 10.8. The molecule has 2 aromatic rings. The number of hydrogen-bond donors (Lipinski definition) is 2. The average Bonchev–Trinajstić information content (AvgIpc) is 2.55. The highest BCUT2D eigenvalue weighted by Crippen LogP contribution is 2.17. The predicted octanol–water partition coefficient (Wildman–Crippen LogP) is 0.514. The number of hydrogen-bond acceptors (Lipinski definition) is 4. The van der Waals surface area contributed by atoms with Gasteiger partial charge in [-0.15, -0.1) is 4.40 Å². The van der Waals surface area contributed by atoms with Gasteiger partial charge in [0.25, 0.3) is 10.0 Å². The number of nitrogens with zero attached hydrogens (tertiary/aromatic N) is 2. The van der Waals surface area contributed by atoms with Gasteiger partial charge in [0.1, 0.15) is 5.52 Å². The van der Waals surface area contributed by atoms with Gasteiger partial charge >= 0.3 is 6.01 Å². The third kappa shape index (κ3) is 2.94. The molecule has 0 saturated carbocycles. The van der Waals surface area contributed by atoms with Crippen LogP contribution in [0.2, 0.25) is 0 Å². The zero-order chi connectivity index (χ0) is 12.5. The number of rotatable bonds is 2. The van der Waals surface area contributed by atoms with Crippen molar-refractivity contribution in [2.24, 2.45) is 10.1 Å². The van der Waals surface area contributed by atoms with Gasteiger partial charge in [-0.25, -0.2) is 8.42 Å². The molecule has 0 spiro atoms. The van der Waals surface area contributed by atoms with Crippen molar-refractivity contribution in [3.63, 3.8) is 0 Å². The highest BCUT2D eigenvalue weighted by molar-refractivity contribution is 7.89. The van der Waals surface area contributed by atoms with E-state index >= 15 is 0 Å². The molecule has 0 saturated heterocycles. The molecule has 8 heteroatoms. The molecule has 0 radical (unpaired) electrons. The van der Waals surface area contributed by atoms with Gasteiger partial charge in [0.05, 0.1) is 6.26 Å². The molecule has 1 heterocycles. The summed E-state index contributed by atoms with van der Waals surface area (Å²) in [5.41, 5.74) is 6.59. The van der Waals surface area contributed by atoms with Crippen LogP contribution in [0.25, 0.3) is 11.1 Å². The second kappa shape index (κ2) is 4.06. The fraction of sp³-hybridized carbons (Fsp3) is 0.111. The molecule has 0 fully saturated rings. The van der Waals surface area contributed by atoms with Gasteiger partial charge in [-0.2, -0.15) is 4.98 Å². The lowest BCUT2D eigenvalue weighted by Crippen LogP contribution is -2.23. The summed E-state index contributed by atoms with van der Waals surface area (Å²) in [6.45, 7) is 0. The number of anilines is 1. The smallest absolute Gasteiger partial charge is 0.302 e. The molecule has 1 aromatic heterocycles. The van der Waals surface area contributed by atoms with E-state index in [9.17, 15) is 8.42 Å². The average molecular weight is 254 g/mol. The van der Waals surface area contributed by atoms with Crippen LogP contribution in [0.4, 0.5) is 6.01 Å². The topological polar surface area (TPSA) is 111 Å². The molecule has 0 aliphatic heterocycles. The van der Waals surface area contributed by atoms with Crippen LogP contribution in [0.15, 0.2) is 33.1 Å². The van der Waals surface area contributed by atoms with Crippen molar-refractivity contribution in [2.45, 2.75) is 0 Å². The van der Waals surface area contributed by atoms with Crippen LogP contribution in [0.5, 0.6) is 0 Å². The second-order valence-corrected chi connectivity index (χ2v) is 4.97. The summed E-state index contributed by atoms with van der Waals surface area (Å²) in [6.07, 6.45) is 0.938. The summed E-state index contributed by atoms with van der Waals surface area (Å²) in [7, 11) is -3.54. The summed E-state index contributed by atoms with van der Waals surface area (Å²) in [4.78, 5) is 4.05. The van der Waals surface area contributed by atoms with Gasteiger partial charge < -0.3 is 10.2 Å². The first-order valence-corrected chi connectivity index (χ1v) is 6.47. The molecule has 7 nitrogen and oxygen atoms in total. The van der Waals surface area contributed by atoms with Crippen LogP contribution in [0.1, 0.15) is 0 Å². The first-order valence-electron chi connectivity index (χ1n) is 4.62. The molecule has 3 N–H and O–H groups in total. The second-order valence-electron chi connectivity index (χ2n) is 3.32. The van der Waals surface area contributed by atoms with Crippen LogP contribution >= 0.6 is 0 Å². The van der Waals surface area contributed by atoms with Crippen LogP contribution in [-0.2, 0) is 10.0 Å². The molecule has 90 valence electrons. The third-order valence-electron chi connectivity index (χ3n) is 1.79. The standard InChI is InChI=1S/C9H10N4O3S/c1-17(14,15)13-8(10)12-9-11-6-4-2-3-5-7(6)16-9/h2-5H,1H3,(H3,10,11,12,13). The number of nitrogens with one attached hydrogen (secondary N) is 1. The van der Waals surface area contributed by atoms with Gasteiger partial charge in [0.2, 0.25) is 5.96 Å². The molecule has 0 aliphatic rings. The van der Waals surface area contributed by atoms with Crippen LogP contribution in [0.3, 0.4) is 0 Å². The van der Waals surface area contributed by atoms with Gasteiger partial charge in [0, 0.05) is 0 Å². The van der Waals surface area contributed by atoms with E-state index in [-0.39, 0.29) is 12.0 Å². The number of oxazole rings is 1. The van der Waals surface area contributed by atoms with Crippen LogP contribution < -0.4 is 11.1 Å². The highest BCUT2D eigenvalue weighted by Gasteiger charge is 2.07. The fourth-order valence-electron chi connectivity index (χ4n) is 1.24. The van der Waals surface area contributed by atoms with Crippen molar-refractivity contribution in [3.05, 3.63) is 24.3 Å². The summed E-state index contributed by atoms with van der Waals surface area (Å²) in [6, 6.07) is 7.19. The van der Waals surface area contributed by atoms with Crippen molar-refractivity contribution in [1.82, 2.24) is 4.98 Å². The van der Waals surface area contributed by atoms with E-state index in [0.717, 1.165) is 6.26 Å². The normalized spacial score (nSPS) is 12.9. The lowest BCUT2D eigenvalue weighted by atomic mass is 10.3. The zero-order valence-corrected chi connectivity index (χ0v) is 9.73. The molecule has 0 aliphatic carbocycles. The molecule has 0 atom stereocenters. The van der Waals surface area contributed by atoms with Crippen LogP contribution in [0, 0.1) is 0 Å². The van der Waals surface area contributed by atoms with Crippen molar-refractivity contribution >= 4 is 33.1 Å². The van der Waals surface area contributed by atoms with Crippen molar-refractivity contribution in [2.75, 3.05) is 11.6 Å². The Morgan fingerprint density at radius 3 is 2.82 bits per heavy atom. The minimum Gasteiger partial charge on any atom is -0.423 e. The Bertz CT molecular complexity index is 641. The van der Waals surface area contributed by atoms with Gasteiger partial charge in [0.15, 0.2) is 5.58 Å². The minimum absolute atomic E-state index is 0.0936. The summed E-state index contributed by atoms with van der Waals surface area (Å²) >= 11 is 0. The quantitative estimate of drug-likeness (QED) is 0.597. The predicted molar refractivity (Wildman–Crippen MR) is 64.1 cm³/mol. The first kappa shape index (κ1) is 11.4. The minimum atomic E-state index is -3.54. The Balaban J connectivity index is 2.27. The van der Waals surface area contributed by atoms with Crippen molar-refractivity contribution in [1.29, 1.82) is 0 Å². The lowest BCUT2D eigenvalue weighted by Gasteiger charge is -1.97. The SMILES string of the molecule is CS(=O)(=O)/N=C(\N)Nc1nc2ccccc2o1. The van der Waals surface area contributed by atoms with Crippen molar-refractivity contribution < 1.29 is 12.8 Å². The first-order chi connectivity index (χ1) is 7.94. The van der Waals surface area contributed by atoms with E-state index in [0.29, 0.717) is 11.1 Å². The molecular formula is C9H10N4O3S. The Morgan fingerprint density at radius 2 is 2.18 bits per heavy atom. The summed E-state index contributed by atoms with van der Waals surface area (Å²) in [5.74, 6) is -0.293. The van der Waals surface area contributed by atoms with E-state index in [2.05, 4.69) is 14.7 Å². The number of guanidine groups is 1. The van der Waals surface area contributed by atoms with E-state index in [1.54, 1.807) is 18.2 Å². The van der Waals surface area contributed by atoms with E-state index in [1.807, 2.05) is 6.07 Å². The Morgan fingerprint density at radius 1 is 1.47 bits per heavy atom. The van der Waals surface area contributed by atoms with E-state index in [4.69, 9.17) is 10.2 Å².